The highest BCUT2D eigenvalue weighted by Gasteiger charge is 2.13. The number of rotatable bonds is 4. The van der Waals surface area contributed by atoms with Crippen LogP contribution in [0.4, 0.5) is 0 Å². The second-order valence-electron chi connectivity index (χ2n) is 5.31. The number of carboxylic acids is 1. The van der Waals surface area contributed by atoms with Crippen molar-refractivity contribution in [2.24, 2.45) is 0 Å². The number of nitrogens with zero attached hydrogens (tertiary/aromatic N) is 2. The number of benzene rings is 1. The Balaban J connectivity index is 2.42. The van der Waals surface area contributed by atoms with Gasteiger partial charge in [0.05, 0.1) is 11.9 Å². The van der Waals surface area contributed by atoms with Crippen LogP contribution in [0.2, 0.25) is 0 Å². The molecule has 1 heterocycles. The minimum Gasteiger partial charge on any atom is -0.481 e. The number of aryl methyl sites for hydroxylation is 4. The van der Waals surface area contributed by atoms with E-state index in [1.165, 1.54) is 16.7 Å². The third-order valence-corrected chi connectivity index (χ3v) is 3.57. The topological polar surface area (TPSA) is 55.1 Å². The predicted octanol–water partition coefficient (Wildman–Crippen LogP) is 3.12. The molecule has 0 bridgehead atoms. The van der Waals surface area contributed by atoms with Gasteiger partial charge in [0.15, 0.2) is 0 Å². The lowest BCUT2D eigenvalue weighted by atomic mass is 10.0. The third-order valence-electron chi connectivity index (χ3n) is 3.57. The average molecular weight is 272 g/mol. The van der Waals surface area contributed by atoms with Crippen molar-refractivity contribution in [3.63, 3.8) is 0 Å². The molecule has 0 unspecified atom stereocenters. The Morgan fingerprint density at radius 1 is 1.20 bits per heavy atom. The molecule has 0 amide bonds. The van der Waals surface area contributed by atoms with Crippen LogP contribution in [-0.2, 0) is 11.2 Å². The quantitative estimate of drug-likeness (QED) is 0.930. The molecular weight excluding hydrogens is 252 g/mol. The summed E-state index contributed by atoms with van der Waals surface area (Å²) in [6, 6.07) is 4.28. The first-order chi connectivity index (χ1) is 9.40. The molecule has 0 radical (unpaired) electrons. The van der Waals surface area contributed by atoms with E-state index in [0.717, 1.165) is 16.9 Å². The number of carbonyl (C=O) groups is 1. The number of aliphatic carboxylic acids is 1. The van der Waals surface area contributed by atoms with E-state index >= 15 is 0 Å². The molecule has 0 atom stereocenters. The van der Waals surface area contributed by atoms with Gasteiger partial charge in [0.1, 0.15) is 0 Å². The van der Waals surface area contributed by atoms with Crippen molar-refractivity contribution >= 4 is 5.97 Å². The first-order valence-corrected chi connectivity index (χ1v) is 6.73. The molecule has 2 aromatic rings. The standard InChI is InChI=1S/C16H20N2O2/c1-10-7-11(2)16(12(3)8-10)18-13(4)14(9-17-18)5-6-15(19)20/h7-9H,5-6H2,1-4H3,(H,19,20). The smallest absolute Gasteiger partial charge is 0.303 e. The maximum atomic E-state index is 10.7. The Morgan fingerprint density at radius 3 is 2.35 bits per heavy atom. The van der Waals surface area contributed by atoms with E-state index in [1.54, 1.807) is 6.20 Å². The molecule has 1 aromatic carbocycles. The molecule has 0 spiro atoms. The molecule has 0 aliphatic carbocycles. The van der Waals surface area contributed by atoms with Gasteiger partial charge in [-0.15, -0.1) is 0 Å². The van der Waals surface area contributed by atoms with Crippen LogP contribution < -0.4 is 0 Å². The Hall–Kier alpha value is -2.10. The van der Waals surface area contributed by atoms with Crippen molar-refractivity contribution in [3.05, 3.63) is 46.3 Å². The number of carboxylic acid groups (broad SMARTS) is 1. The summed E-state index contributed by atoms with van der Waals surface area (Å²) in [5, 5.41) is 13.2. The minimum atomic E-state index is -0.778. The summed E-state index contributed by atoms with van der Waals surface area (Å²) in [5.74, 6) is -0.778. The van der Waals surface area contributed by atoms with Crippen LogP contribution in [0.1, 0.15) is 34.4 Å². The molecule has 0 aliphatic heterocycles. The molecule has 1 N–H and O–H groups in total. The van der Waals surface area contributed by atoms with E-state index in [9.17, 15) is 4.79 Å². The Bertz CT molecular complexity index is 633. The first-order valence-electron chi connectivity index (χ1n) is 6.73. The van der Waals surface area contributed by atoms with Crippen LogP contribution in [0.25, 0.3) is 5.69 Å². The maximum Gasteiger partial charge on any atom is 0.303 e. The fourth-order valence-electron chi connectivity index (χ4n) is 2.66. The second kappa shape index (κ2) is 5.49. The van der Waals surface area contributed by atoms with Crippen molar-refractivity contribution < 1.29 is 9.90 Å². The van der Waals surface area contributed by atoms with Crippen LogP contribution in [0.3, 0.4) is 0 Å². The average Bonchev–Trinajstić information content (AvgIpc) is 2.67. The highest BCUT2D eigenvalue weighted by atomic mass is 16.4. The SMILES string of the molecule is Cc1cc(C)c(-n2ncc(CCC(=O)O)c2C)c(C)c1. The molecule has 0 saturated heterocycles. The molecule has 4 nitrogen and oxygen atoms in total. The van der Waals surface area contributed by atoms with Crippen molar-refractivity contribution in [2.75, 3.05) is 0 Å². The molecule has 106 valence electrons. The van der Waals surface area contributed by atoms with Crippen LogP contribution in [0.15, 0.2) is 18.3 Å². The first kappa shape index (κ1) is 14.3. The van der Waals surface area contributed by atoms with E-state index in [0.29, 0.717) is 6.42 Å². The van der Waals surface area contributed by atoms with E-state index in [4.69, 9.17) is 5.11 Å². The molecule has 20 heavy (non-hydrogen) atoms. The van der Waals surface area contributed by atoms with E-state index in [1.807, 2.05) is 11.6 Å². The summed E-state index contributed by atoms with van der Waals surface area (Å²) in [6.45, 7) is 8.22. The van der Waals surface area contributed by atoms with Crippen molar-refractivity contribution in [2.45, 2.75) is 40.5 Å². The zero-order valence-electron chi connectivity index (χ0n) is 12.4. The Morgan fingerprint density at radius 2 is 1.80 bits per heavy atom. The van der Waals surface area contributed by atoms with Gasteiger partial charge < -0.3 is 5.11 Å². The second-order valence-corrected chi connectivity index (χ2v) is 5.31. The van der Waals surface area contributed by atoms with Crippen LogP contribution in [-0.4, -0.2) is 20.9 Å². The van der Waals surface area contributed by atoms with Crippen LogP contribution >= 0.6 is 0 Å². The molecule has 1 aromatic heterocycles. The van der Waals surface area contributed by atoms with Crippen LogP contribution in [0.5, 0.6) is 0 Å². The molecule has 0 fully saturated rings. The fourth-order valence-corrected chi connectivity index (χ4v) is 2.66. The predicted molar refractivity (Wildman–Crippen MR) is 78.5 cm³/mol. The summed E-state index contributed by atoms with van der Waals surface area (Å²) >= 11 is 0. The molecule has 0 saturated carbocycles. The van der Waals surface area contributed by atoms with Gasteiger partial charge in [0.2, 0.25) is 0 Å². The van der Waals surface area contributed by atoms with E-state index in [-0.39, 0.29) is 6.42 Å². The Kier molecular flexibility index (Phi) is 3.93. The molecular formula is C16H20N2O2. The molecule has 0 aliphatic rings. The van der Waals surface area contributed by atoms with Crippen molar-refractivity contribution in [1.29, 1.82) is 0 Å². The van der Waals surface area contributed by atoms with Gasteiger partial charge in [0, 0.05) is 12.1 Å². The van der Waals surface area contributed by atoms with Gasteiger partial charge in [-0.2, -0.15) is 5.10 Å². The van der Waals surface area contributed by atoms with Gasteiger partial charge in [0.25, 0.3) is 0 Å². The zero-order chi connectivity index (χ0) is 14.9. The monoisotopic (exact) mass is 272 g/mol. The zero-order valence-corrected chi connectivity index (χ0v) is 12.4. The fraction of sp³-hybridized carbons (Fsp3) is 0.375. The van der Waals surface area contributed by atoms with Gasteiger partial charge in [-0.25, -0.2) is 4.68 Å². The van der Waals surface area contributed by atoms with Crippen LogP contribution in [0, 0.1) is 27.7 Å². The van der Waals surface area contributed by atoms with Gasteiger partial charge in [-0.05, 0) is 50.8 Å². The normalized spacial score (nSPS) is 10.8. The third kappa shape index (κ3) is 2.74. The molecule has 2 rings (SSSR count). The summed E-state index contributed by atoms with van der Waals surface area (Å²) in [5.41, 5.74) is 6.69. The number of hydrogen-bond acceptors (Lipinski definition) is 2. The number of aromatic nitrogens is 2. The minimum absolute atomic E-state index is 0.137. The Labute approximate surface area is 119 Å². The summed E-state index contributed by atoms with van der Waals surface area (Å²) in [6.07, 6.45) is 2.43. The summed E-state index contributed by atoms with van der Waals surface area (Å²) in [4.78, 5) is 10.7. The van der Waals surface area contributed by atoms with Gasteiger partial charge in [-0.3, -0.25) is 4.79 Å². The molecule has 4 heteroatoms. The summed E-state index contributed by atoms with van der Waals surface area (Å²) in [7, 11) is 0. The van der Waals surface area contributed by atoms with Crippen molar-refractivity contribution in [3.8, 4) is 5.69 Å². The lowest BCUT2D eigenvalue weighted by Gasteiger charge is -2.13. The highest BCUT2D eigenvalue weighted by Crippen LogP contribution is 2.23. The number of hydrogen-bond donors (Lipinski definition) is 1. The van der Waals surface area contributed by atoms with E-state index < -0.39 is 5.97 Å². The van der Waals surface area contributed by atoms with Crippen molar-refractivity contribution in [1.82, 2.24) is 9.78 Å². The lowest BCUT2D eigenvalue weighted by Crippen LogP contribution is -2.05. The lowest BCUT2D eigenvalue weighted by molar-refractivity contribution is -0.136. The highest BCUT2D eigenvalue weighted by molar-refractivity contribution is 5.67. The van der Waals surface area contributed by atoms with Gasteiger partial charge in [-0.1, -0.05) is 17.7 Å². The summed E-state index contributed by atoms with van der Waals surface area (Å²) < 4.78 is 1.92. The van der Waals surface area contributed by atoms with Gasteiger partial charge >= 0.3 is 5.97 Å². The van der Waals surface area contributed by atoms with E-state index in [2.05, 4.69) is 38.0 Å². The largest absolute Gasteiger partial charge is 0.481 e. The maximum absolute atomic E-state index is 10.7.